The second kappa shape index (κ2) is 17.0. The lowest BCUT2D eigenvalue weighted by Gasteiger charge is -2.21. The van der Waals surface area contributed by atoms with Gasteiger partial charge in [0.05, 0.1) is 5.60 Å². The average molecular weight is 530 g/mol. The first kappa shape index (κ1) is 32.4. The molecule has 0 radical (unpaired) electrons. The van der Waals surface area contributed by atoms with Crippen LogP contribution in [0, 0.1) is 5.92 Å². The number of pyridine rings is 1. The van der Waals surface area contributed by atoms with Crippen molar-refractivity contribution in [2.24, 2.45) is 17.4 Å². The molecule has 0 bridgehead atoms. The van der Waals surface area contributed by atoms with Gasteiger partial charge in [0.15, 0.2) is 5.58 Å². The summed E-state index contributed by atoms with van der Waals surface area (Å²) in [5.74, 6) is 1.16. The van der Waals surface area contributed by atoms with Gasteiger partial charge in [0, 0.05) is 32.0 Å². The zero-order valence-electron chi connectivity index (χ0n) is 23.5. The highest BCUT2D eigenvalue weighted by molar-refractivity contribution is 5.91. The van der Waals surface area contributed by atoms with Gasteiger partial charge in [-0.25, -0.2) is 0 Å². The highest BCUT2D eigenvalue weighted by atomic mass is 16.5. The number of hydrogen-bond donors (Lipinski definition) is 3. The zero-order chi connectivity index (χ0) is 28.6. The van der Waals surface area contributed by atoms with E-state index in [1.165, 1.54) is 44.4 Å². The fourth-order valence-electron chi connectivity index (χ4n) is 3.41. The maximum atomic E-state index is 11.2. The van der Waals surface area contributed by atoms with Crippen molar-refractivity contribution in [2.75, 3.05) is 19.0 Å². The number of benzene rings is 1. The number of nitrogens with one attached hydrogen (secondary N) is 1. The van der Waals surface area contributed by atoms with Gasteiger partial charge in [0.25, 0.3) is 11.9 Å². The van der Waals surface area contributed by atoms with Crippen LogP contribution in [-0.4, -0.2) is 41.5 Å². The second-order valence-electron chi connectivity index (χ2n) is 9.33. The van der Waals surface area contributed by atoms with Crippen LogP contribution in [0.3, 0.4) is 0 Å². The van der Waals surface area contributed by atoms with Crippen molar-refractivity contribution >= 4 is 29.4 Å². The predicted octanol–water partition coefficient (Wildman–Crippen LogP) is 5.67. The van der Waals surface area contributed by atoms with Crippen molar-refractivity contribution in [2.45, 2.75) is 72.3 Å². The molecule has 1 saturated carbocycles. The van der Waals surface area contributed by atoms with Crippen LogP contribution >= 0.6 is 0 Å². The Kier molecular flexibility index (Phi) is 14.4. The molecule has 2 amide bonds. The van der Waals surface area contributed by atoms with E-state index in [0.717, 1.165) is 12.1 Å². The van der Waals surface area contributed by atoms with Crippen LogP contribution in [0.5, 0.6) is 11.5 Å². The number of amides is 2. The Labute approximate surface area is 225 Å². The number of ether oxygens (including phenoxy) is 2. The molecule has 1 aliphatic rings. The number of nitrogens with two attached hydrogens (primary N) is 2. The first-order valence-electron chi connectivity index (χ1n) is 12.9. The molecule has 210 valence electrons. The number of primary amides is 2. The molecule has 1 aromatic carbocycles. The van der Waals surface area contributed by atoms with Gasteiger partial charge in [0.2, 0.25) is 6.41 Å². The minimum Gasteiger partial charge on any atom is -0.457 e. The Morgan fingerprint density at radius 1 is 1.13 bits per heavy atom. The average Bonchev–Trinajstić information content (AvgIpc) is 3.32. The summed E-state index contributed by atoms with van der Waals surface area (Å²) in [4.78, 5) is 28.2. The number of carbonyl (C=O) groups is 2. The highest BCUT2D eigenvalue weighted by Crippen LogP contribution is 2.28. The van der Waals surface area contributed by atoms with Crippen LogP contribution in [0.2, 0.25) is 0 Å². The Morgan fingerprint density at radius 3 is 2.32 bits per heavy atom. The monoisotopic (exact) mass is 529 g/mol. The Bertz CT molecular complexity index is 1100. The number of methoxy groups -OCH3 is 1. The summed E-state index contributed by atoms with van der Waals surface area (Å²) in [6, 6.07) is 9.13. The van der Waals surface area contributed by atoms with E-state index in [0.29, 0.717) is 29.0 Å². The van der Waals surface area contributed by atoms with Crippen molar-refractivity contribution in [1.82, 2.24) is 9.97 Å². The normalized spacial score (nSPS) is 13.0. The first-order valence-corrected chi connectivity index (χ1v) is 12.9. The number of hydrogen-bond acceptors (Lipinski definition) is 8. The number of anilines is 1. The van der Waals surface area contributed by atoms with Crippen LogP contribution < -0.4 is 21.5 Å². The number of aromatic nitrogens is 2. The smallest absolute Gasteiger partial charge is 0.295 e. The van der Waals surface area contributed by atoms with Gasteiger partial charge in [-0.15, -0.1) is 0 Å². The molecule has 0 atom stereocenters. The van der Waals surface area contributed by atoms with Crippen molar-refractivity contribution in [1.29, 1.82) is 0 Å². The summed E-state index contributed by atoms with van der Waals surface area (Å²) in [6.45, 7) is 11.0. The largest absolute Gasteiger partial charge is 0.457 e. The molecule has 3 aromatic rings. The summed E-state index contributed by atoms with van der Waals surface area (Å²) >= 11 is 0. The summed E-state index contributed by atoms with van der Waals surface area (Å²) in [5, 5.41) is 3.31. The number of oxazole rings is 1. The van der Waals surface area contributed by atoms with Gasteiger partial charge in [-0.2, -0.15) is 4.98 Å². The molecule has 2 heterocycles. The van der Waals surface area contributed by atoms with Crippen LogP contribution in [0.4, 0.5) is 6.01 Å². The first-order chi connectivity index (χ1) is 18.1. The van der Waals surface area contributed by atoms with E-state index in [-0.39, 0.29) is 17.7 Å². The molecule has 0 saturated heterocycles. The maximum absolute atomic E-state index is 11.2. The van der Waals surface area contributed by atoms with E-state index in [1.54, 1.807) is 25.3 Å². The van der Waals surface area contributed by atoms with Gasteiger partial charge >= 0.3 is 0 Å². The molecular weight excluding hydrogens is 486 g/mol. The van der Waals surface area contributed by atoms with E-state index in [9.17, 15) is 4.79 Å². The quantitative estimate of drug-likeness (QED) is 0.345. The van der Waals surface area contributed by atoms with Crippen LogP contribution in [-0.2, 0) is 9.53 Å². The molecule has 1 aliphatic carbocycles. The standard InChI is InChI=1S/C20H22N4O3.C5H12O.C2H6.CH3NO/c21-19(25)17-10-15(8-9-22-17)26-14-6-7-16-18(11-14)27-20(24-16)23-12-13-4-2-1-3-5-13;1-5(2,3)6-4;1-2;2-1-3/h6-11,13H,1-5,12H2,(H2,21,25)(H,23,24);1-4H3;1-2H3;1H,(H2,2,3). The zero-order valence-corrected chi connectivity index (χ0v) is 23.5. The summed E-state index contributed by atoms with van der Waals surface area (Å²) in [5.41, 5.74) is 11.0. The van der Waals surface area contributed by atoms with E-state index in [4.69, 9.17) is 24.4 Å². The molecule has 2 aromatic heterocycles. The molecule has 1 fully saturated rings. The lowest BCUT2D eigenvalue weighted by Crippen LogP contribution is -2.17. The van der Waals surface area contributed by atoms with Crippen LogP contribution in [0.25, 0.3) is 11.1 Å². The minimum absolute atomic E-state index is 0.0417. The molecular formula is C28H43N5O5. The molecule has 0 aliphatic heterocycles. The minimum atomic E-state index is -0.597. The molecule has 10 nitrogen and oxygen atoms in total. The summed E-state index contributed by atoms with van der Waals surface area (Å²) in [6.07, 6.45) is 8.24. The molecule has 0 spiro atoms. The van der Waals surface area contributed by atoms with E-state index in [2.05, 4.69) is 21.0 Å². The van der Waals surface area contributed by atoms with Crippen molar-refractivity contribution in [3.8, 4) is 11.5 Å². The van der Waals surface area contributed by atoms with Crippen molar-refractivity contribution in [3.05, 3.63) is 42.2 Å². The van der Waals surface area contributed by atoms with Gasteiger partial charge in [-0.3, -0.25) is 14.6 Å². The fraction of sp³-hybridized carbons (Fsp3) is 0.500. The van der Waals surface area contributed by atoms with Gasteiger partial charge in [-0.1, -0.05) is 33.1 Å². The number of rotatable bonds is 6. The van der Waals surface area contributed by atoms with E-state index >= 15 is 0 Å². The van der Waals surface area contributed by atoms with E-state index in [1.807, 2.05) is 40.7 Å². The maximum Gasteiger partial charge on any atom is 0.295 e. The topological polar surface area (TPSA) is 156 Å². The second-order valence-corrected chi connectivity index (χ2v) is 9.33. The lowest BCUT2D eigenvalue weighted by atomic mass is 9.89. The molecule has 0 unspecified atom stereocenters. The van der Waals surface area contributed by atoms with Gasteiger partial charge in [-0.05, 0) is 57.7 Å². The SMILES string of the molecule is CC.COC(C)(C)C.NC(=O)c1cc(Oc2ccc3nc(NCC4CCCCC4)oc3c2)ccn1.NC=O. The number of carbonyl (C=O) groups excluding carboxylic acids is 2. The molecule has 4 rings (SSSR count). The van der Waals surface area contributed by atoms with Crippen molar-refractivity contribution in [3.63, 3.8) is 0 Å². The van der Waals surface area contributed by atoms with Crippen molar-refractivity contribution < 1.29 is 23.5 Å². The summed E-state index contributed by atoms with van der Waals surface area (Å²) in [7, 11) is 1.71. The third-order valence-electron chi connectivity index (χ3n) is 5.46. The molecule has 38 heavy (non-hydrogen) atoms. The Balaban J connectivity index is 0.000000564. The van der Waals surface area contributed by atoms with Crippen LogP contribution in [0.15, 0.2) is 40.9 Å². The highest BCUT2D eigenvalue weighted by Gasteiger charge is 2.15. The molecule has 10 heteroatoms. The predicted molar refractivity (Wildman–Crippen MR) is 150 cm³/mol. The fourth-order valence-corrected chi connectivity index (χ4v) is 3.41. The summed E-state index contributed by atoms with van der Waals surface area (Å²) < 4.78 is 16.5. The van der Waals surface area contributed by atoms with Crippen LogP contribution in [0.1, 0.15) is 77.2 Å². The third kappa shape index (κ3) is 12.1. The molecule has 5 N–H and O–H groups in total. The van der Waals surface area contributed by atoms with E-state index < -0.39 is 5.91 Å². The lowest BCUT2D eigenvalue weighted by molar-refractivity contribution is -0.106. The Morgan fingerprint density at radius 2 is 1.74 bits per heavy atom. The number of nitrogens with zero attached hydrogens (tertiary/aromatic N) is 2. The van der Waals surface area contributed by atoms with Gasteiger partial charge in [0.1, 0.15) is 22.7 Å². The number of fused-ring (bicyclic) bond motifs is 1. The third-order valence-corrected chi connectivity index (χ3v) is 5.46. The Hall–Kier alpha value is -3.66. The van der Waals surface area contributed by atoms with Gasteiger partial charge < -0.3 is 30.7 Å².